The monoisotopic (exact) mass is 297 g/mol. The topological polar surface area (TPSA) is 60.9 Å². The Kier molecular flexibility index (Phi) is 5.22. The van der Waals surface area contributed by atoms with Crippen LogP contribution in [0.3, 0.4) is 0 Å². The van der Waals surface area contributed by atoms with Gasteiger partial charge in [-0.1, -0.05) is 24.9 Å². The normalized spacial score (nSPS) is 23.0. The van der Waals surface area contributed by atoms with Crippen LogP contribution < -0.4 is 5.73 Å². The molecule has 2 N–H and O–H groups in total. The van der Waals surface area contributed by atoms with Gasteiger partial charge in [0.25, 0.3) is 0 Å². The average Bonchev–Trinajstić information content (AvgIpc) is 2.75. The first-order valence-corrected chi connectivity index (χ1v) is 7.96. The predicted octanol–water partition coefficient (Wildman–Crippen LogP) is 2.75. The van der Waals surface area contributed by atoms with E-state index in [9.17, 15) is 4.79 Å². The summed E-state index contributed by atoms with van der Waals surface area (Å²) in [4.78, 5) is 12.5. The summed E-state index contributed by atoms with van der Waals surface area (Å²) < 4.78 is 1.86. The van der Waals surface area contributed by atoms with Gasteiger partial charge < -0.3 is 5.73 Å². The van der Waals surface area contributed by atoms with Crippen LogP contribution in [0, 0.1) is 5.92 Å². The summed E-state index contributed by atoms with van der Waals surface area (Å²) in [5, 5.41) is 5.14. The average molecular weight is 298 g/mol. The number of hydrogen-bond acceptors (Lipinski definition) is 3. The lowest BCUT2D eigenvalue weighted by Gasteiger charge is -2.25. The molecule has 1 aromatic heterocycles. The highest BCUT2D eigenvalue weighted by molar-refractivity contribution is 6.32. The van der Waals surface area contributed by atoms with Crippen LogP contribution >= 0.6 is 11.6 Å². The minimum Gasteiger partial charge on any atom is -0.328 e. The van der Waals surface area contributed by atoms with E-state index in [0.29, 0.717) is 11.4 Å². The van der Waals surface area contributed by atoms with Crippen LogP contribution in [0.4, 0.5) is 0 Å². The van der Waals surface area contributed by atoms with Gasteiger partial charge in [-0.3, -0.25) is 9.48 Å². The molecule has 5 heteroatoms. The molecule has 0 saturated heterocycles. The number of aryl methyl sites for hydroxylation is 2. The molecule has 1 heterocycles. The Balaban J connectivity index is 2.12. The maximum Gasteiger partial charge on any atom is 0.142 e. The predicted molar refractivity (Wildman–Crippen MR) is 80.9 cm³/mol. The van der Waals surface area contributed by atoms with Crippen molar-refractivity contribution in [3.05, 3.63) is 16.4 Å². The van der Waals surface area contributed by atoms with Crippen molar-refractivity contribution in [3.63, 3.8) is 0 Å². The molecular weight excluding hydrogens is 274 g/mol. The van der Waals surface area contributed by atoms with E-state index in [-0.39, 0.29) is 17.7 Å². The number of halogens is 1. The second-order valence-electron chi connectivity index (χ2n) is 5.64. The Bertz CT molecular complexity index is 484. The number of nitrogens with zero attached hydrogens (tertiary/aromatic N) is 2. The van der Waals surface area contributed by atoms with Crippen LogP contribution in [0.2, 0.25) is 5.02 Å². The van der Waals surface area contributed by atoms with Gasteiger partial charge in [0, 0.05) is 18.5 Å². The SMILES string of the molecule is CCc1nn(CC)c(CC(=O)C2CCCC(N)C2)c1Cl. The fourth-order valence-corrected chi connectivity index (χ4v) is 3.35. The number of rotatable bonds is 5. The first kappa shape index (κ1) is 15.5. The van der Waals surface area contributed by atoms with E-state index < -0.39 is 0 Å². The number of Topliss-reactive ketones (excluding diaryl/α,β-unsaturated/α-hetero) is 1. The molecule has 0 spiro atoms. The highest BCUT2D eigenvalue weighted by Gasteiger charge is 2.27. The minimum atomic E-state index is 0.0973. The number of carbonyl (C=O) groups excluding carboxylic acids is 1. The maximum absolute atomic E-state index is 12.5. The molecule has 0 aromatic carbocycles. The Morgan fingerprint density at radius 1 is 1.45 bits per heavy atom. The number of carbonyl (C=O) groups is 1. The van der Waals surface area contributed by atoms with Crippen molar-refractivity contribution in [1.29, 1.82) is 0 Å². The number of ketones is 1. The van der Waals surface area contributed by atoms with Gasteiger partial charge in [0.15, 0.2) is 0 Å². The van der Waals surface area contributed by atoms with Crippen LogP contribution in [-0.4, -0.2) is 21.6 Å². The van der Waals surface area contributed by atoms with Crippen LogP contribution in [0.5, 0.6) is 0 Å². The summed E-state index contributed by atoms with van der Waals surface area (Å²) in [6.07, 6.45) is 5.05. The molecule has 1 aliphatic carbocycles. The van der Waals surface area contributed by atoms with Gasteiger partial charge in [-0.2, -0.15) is 5.10 Å². The number of nitrogens with two attached hydrogens (primary N) is 1. The largest absolute Gasteiger partial charge is 0.328 e. The quantitative estimate of drug-likeness (QED) is 0.909. The lowest BCUT2D eigenvalue weighted by molar-refractivity contribution is -0.123. The van der Waals surface area contributed by atoms with Crippen molar-refractivity contribution in [3.8, 4) is 0 Å². The Hall–Kier alpha value is -0.870. The zero-order valence-electron chi connectivity index (χ0n) is 12.4. The Labute approximate surface area is 125 Å². The maximum atomic E-state index is 12.5. The summed E-state index contributed by atoms with van der Waals surface area (Å²) in [5.41, 5.74) is 7.73. The van der Waals surface area contributed by atoms with Crippen LogP contribution in [-0.2, 0) is 24.2 Å². The molecule has 1 aliphatic rings. The van der Waals surface area contributed by atoms with Gasteiger partial charge in [-0.15, -0.1) is 0 Å². The molecule has 2 unspecified atom stereocenters. The van der Waals surface area contributed by atoms with Gasteiger partial charge in [-0.05, 0) is 32.6 Å². The van der Waals surface area contributed by atoms with Crippen LogP contribution in [0.15, 0.2) is 0 Å². The second kappa shape index (κ2) is 6.72. The van der Waals surface area contributed by atoms with Crippen molar-refractivity contribution in [2.24, 2.45) is 11.7 Å². The van der Waals surface area contributed by atoms with Gasteiger partial charge in [0.1, 0.15) is 5.78 Å². The molecule has 0 radical (unpaired) electrons. The van der Waals surface area contributed by atoms with E-state index in [0.717, 1.165) is 50.0 Å². The van der Waals surface area contributed by atoms with E-state index in [2.05, 4.69) is 5.10 Å². The van der Waals surface area contributed by atoms with Crippen molar-refractivity contribution in [2.45, 2.75) is 65.0 Å². The van der Waals surface area contributed by atoms with Crippen LogP contribution in [0.1, 0.15) is 50.9 Å². The molecule has 2 rings (SSSR count). The minimum absolute atomic E-state index is 0.0973. The standard InChI is InChI=1S/C15H24ClN3O/c1-3-12-15(16)13(19(4-2)18-12)9-14(20)10-6-5-7-11(17)8-10/h10-11H,3-9,17H2,1-2H3. The summed E-state index contributed by atoms with van der Waals surface area (Å²) in [5.74, 6) is 0.361. The fraction of sp³-hybridized carbons (Fsp3) is 0.733. The third-order valence-electron chi connectivity index (χ3n) is 4.21. The van der Waals surface area contributed by atoms with Gasteiger partial charge >= 0.3 is 0 Å². The van der Waals surface area contributed by atoms with E-state index in [1.165, 1.54) is 0 Å². The zero-order chi connectivity index (χ0) is 14.7. The first-order chi connectivity index (χ1) is 9.56. The Morgan fingerprint density at radius 3 is 2.80 bits per heavy atom. The van der Waals surface area contributed by atoms with E-state index >= 15 is 0 Å². The van der Waals surface area contributed by atoms with Crippen molar-refractivity contribution in [2.75, 3.05) is 0 Å². The van der Waals surface area contributed by atoms with Gasteiger partial charge in [-0.25, -0.2) is 0 Å². The molecule has 20 heavy (non-hydrogen) atoms. The van der Waals surface area contributed by atoms with E-state index in [1.807, 2.05) is 18.5 Å². The molecule has 2 atom stereocenters. The number of hydrogen-bond donors (Lipinski definition) is 1. The summed E-state index contributed by atoms with van der Waals surface area (Å²) in [6.45, 7) is 4.79. The van der Waals surface area contributed by atoms with Crippen molar-refractivity contribution >= 4 is 17.4 Å². The van der Waals surface area contributed by atoms with Crippen molar-refractivity contribution in [1.82, 2.24) is 9.78 Å². The lowest BCUT2D eigenvalue weighted by atomic mass is 9.82. The molecule has 0 aliphatic heterocycles. The third kappa shape index (κ3) is 3.23. The molecule has 1 fully saturated rings. The smallest absolute Gasteiger partial charge is 0.142 e. The molecule has 112 valence electrons. The van der Waals surface area contributed by atoms with Crippen LogP contribution in [0.25, 0.3) is 0 Å². The van der Waals surface area contributed by atoms with E-state index in [4.69, 9.17) is 17.3 Å². The second-order valence-corrected chi connectivity index (χ2v) is 6.02. The molecule has 1 saturated carbocycles. The summed E-state index contributed by atoms with van der Waals surface area (Å²) >= 11 is 6.36. The molecular formula is C15H24ClN3O. The molecule has 4 nitrogen and oxygen atoms in total. The van der Waals surface area contributed by atoms with Crippen molar-refractivity contribution < 1.29 is 4.79 Å². The highest BCUT2D eigenvalue weighted by atomic mass is 35.5. The summed E-state index contributed by atoms with van der Waals surface area (Å²) in [7, 11) is 0. The lowest BCUT2D eigenvalue weighted by Crippen LogP contribution is -2.32. The highest BCUT2D eigenvalue weighted by Crippen LogP contribution is 2.28. The summed E-state index contributed by atoms with van der Waals surface area (Å²) in [6, 6.07) is 0.176. The number of aromatic nitrogens is 2. The molecule has 1 aromatic rings. The third-order valence-corrected chi connectivity index (χ3v) is 4.64. The first-order valence-electron chi connectivity index (χ1n) is 7.59. The zero-order valence-corrected chi connectivity index (χ0v) is 13.1. The van der Waals surface area contributed by atoms with Gasteiger partial charge in [0.2, 0.25) is 0 Å². The fourth-order valence-electron chi connectivity index (χ4n) is 3.02. The molecule has 0 amide bonds. The van der Waals surface area contributed by atoms with E-state index in [1.54, 1.807) is 0 Å². The Morgan fingerprint density at radius 2 is 2.20 bits per heavy atom. The van der Waals surface area contributed by atoms with Gasteiger partial charge in [0.05, 0.1) is 22.8 Å². The molecule has 0 bridgehead atoms.